The Morgan fingerprint density at radius 3 is 2.55 bits per heavy atom. The van der Waals surface area contributed by atoms with Gasteiger partial charge in [0.15, 0.2) is 0 Å². The number of nitrogens with one attached hydrogen (secondary N) is 1. The van der Waals surface area contributed by atoms with Gasteiger partial charge in [0.1, 0.15) is 5.75 Å². The van der Waals surface area contributed by atoms with Gasteiger partial charge in [-0.25, -0.2) is 0 Å². The van der Waals surface area contributed by atoms with Gasteiger partial charge in [0.2, 0.25) is 0 Å². The van der Waals surface area contributed by atoms with E-state index in [1.54, 1.807) is 7.11 Å². The van der Waals surface area contributed by atoms with Gasteiger partial charge in [-0.1, -0.05) is 32.4 Å². The maximum absolute atomic E-state index is 5.21. The molecule has 20 heavy (non-hydrogen) atoms. The van der Waals surface area contributed by atoms with E-state index in [-0.39, 0.29) is 0 Å². The molecule has 0 saturated heterocycles. The number of aryl methyl sites for hydroxylation is 1. The minimum absolute atomic E-state index is 0.687. The zero-order chi connectivity index (χ0) is 14.4. The van der Waals surface area contributed by atoms with Crippen LogP contribution in [-0.4, -0.2) is 19.7 Å². The molecular formula is C18H29NO. The first-order valence-corrected chi connectivity index (χ1v) is 8.09. The van der Waals surface area contributed by atoms with Crippen LogP contribution in [0.1, 0.15) is 45.1 Å². The van der Waals surface area contributed by atoms with Crippen molar-refractivity contribution in [1.29, 1.82) is 0 Å². The lowest BCUT2D eigenvalue weighted by Crippen LogP contribution is -2.35. The highest BCUT2D eigenvalue weighted by atomic mass is 16.5. The third kappa shape index (κ3) is 4.24. The summed E-state index contributed by atoms with van der Waals surface area (Å²) in [5, 5.41) is 3.71. The molecule has 0 radical (unpaired) electrons. The van der Waals surface area contributed by atoms with Gasteiger partial charge in [-0.05, 0) is 61.8 Å². The molecule has 1 saturated carbocycles. The van der Waals surface area contributed by atoms with Crippen LogP contribution in [0.4, 0.5) is 0 Å². The maximum atomic E-state index is 5.21. The summed E-state index contributed by atoms with van der Waals surface area (Å²) in [4.78, 5) is 0. The smallest absolute Gasteiger partial charge is 0.118 e. The van der Waals surface area contributed by atoms with Crippen LogP contribution in [0.3, 0.4) is 0 Å². The molecule has 3 atom stereocenters. The Bertz CT molecular complexity index is 387. The fourth-order valence-electron chi connectivity index (χ4n) is 3.50. The first-order chi connectivity index (χ1) is 9.72. The highest BCUT2D eigenvalue weighted by Crippen LogP contribution is 2.34. The lowest BCUT2D eigenvalue weighted by Gasteiger charge is -2.24. The molecule has 0 heterocycles. The van der Waals surface area contributed by atoms with Crippen LogP contribution in [0.5, 0.6) is 5.75 Å². The van der Waals surface area contributed by atoms with E-state index in [1.165, 1.54) is 31.2 Å². The van der Waals surface area contributed by atoms with E-state index in [2.05, 4.69) is 43.4 Å². The van der Waals surface area contributed by atoms with Crippen LogP contribution in [-0.2, 0) is 6.42 Å². The highest BCUT2D eigenvalue weighted by molar-refractivity contribution is 5.27. The topological polar surface area (TPSA) is 21.3 Å². The second-order valence-corrected chi connectivity index (χ2v) is 6.23. The number of ether oxygens (including phenoxy) is 1. The molecule has 2 heteroatoms. The van der Waals surface area contributed by atoms with Gasteiger partial charge in [-0.2, -0.15) is 0 Å². The summed E-state index contributed by atoms with van der Waals surface area (Å²) < 4.78 is 5.21. The summed E-state index contributed by atoms with van der Waals surface area (Å²) in [6.45, 7) is 5.70. The minimum Gasteiger partial charge on any atom is -0.497 e. The zero-order valence-corrected chi connectivity index (χ0v) is 13.2. The van der Waals surface area contributed by atoms with Crippen molar-refractivity contribution in [2.45, 2.75) is 52.0 Å². The van der Waals surface area contributed by atoms with Crippen molar-refractivity contribution in [3.8, 4) is 5.75 Å². The minimum atomic E-state index is 0.687. The molecule has 0 spiro atoms. The number of hydrogen-bond donors (Lipinski definition) is 1. The van der Waals surface area contributed by atoms with Crippen LogP contribution in [0.2, 0.25) is 0 Å². The van der Waals surface area contributed by atoms with E-state index in [9.17, 15) is 0 Å². The van der Waals surface area contributed by atoms with Crippen LogP contribution >= 0.6 is 0 Å². The molecule has 2 nitrogen and oxygen atoms in total. The summed E-state index contributed by atoms with van der Waals surface area (Å²) in [6.07, 6.45) is 6.63. The van der Waals surface area contributed by atoms with Gasteiger partial charge >= 0.3 is 0 Å². The standard InChI is InChI=1S/C18H29NO/c1-4-19-18(16-9-5-14(2)13-16)12-8-15-6-10-17(20-3)11-7-15/h6-7,10-11,14,16,18-19H,4-5,8-9,12-13H2,1-3H3. The van der Waals surface area contributed by atoms with Crippen molar-refractivity contribution in [2.75, 3.05) is 13.7 Å². The van der Waals surface area contributed by atoms with E-state index in [0.29, 0.717) is 6.04 Å². The molecule has 2 rings (SSSR count). The second kappa shape index (κ2) is 7.68. The largest absolute Gasteiger partial charge is 0.497 e. The van der Waals surface area contributed by atoms with Gasteiger partial charge in [-0.3, -0.25) is 0 Å². The number of hydrogen-bond acceptors (Lipinski definition) is 2. The van der Waals surface area contributed by atoms with Crippen molar-refractivity contribution >= 4 is 0 Å². The first kappa shape index (κ1) is 15.4. The molecule has 112 valence electrons. The zero-order valence-electron chi connectivity index (χ0n) is 13.2. The van der Waals surface area contributed by atoms with Gasteiger partial charge in [0, 0.05) is 6.04 Å². The molecule has 0 aromatic heterocycles. The predicted octanol–water partition coefficient (Wildman–Crippen LogP) is 4.04. The third-order valence-corrected chi connectivity index (χ3v) is 4.67. The Balaban J connectivity index is 1.87. The van der Waals surface area contributed by atoms with Crippen molar-refractivity contribution in [3.05, 3.63) is 29.8 Å². The molecular weight excluding hydrogens is 246 g/mol. The highest BCUT2D eigenvalue weighted by Gasteiger charge is 2.27. The molecule has 0 bridgehead atoms. The fraction of sp³-hybridized carbons (Fsp3) is 0.667. The van der Waals surface area contributed by atoms with E-state index in [1.807, 2.05) is 0 Å². The molecule has 0 amide bonds. The monoisotopic (exact) mass is 275 g/mol. The summed E-state index contributed by atoms with van der Waals surface area (Å²) in [5.41, 5.74) is 1.42. The fourth-order valence-corrected chi connectivity index (χ4v) is 3.50. The van der Waals surface area contributed by atoms with Gasteiger partial charge in [0.05, 0.1) is 7.11 Å². The average molecular weight is 275 g/mol. The molecule has 1 aromatic rings. The molecule has 1 aliphatic carbocycles. The van der Waals surface area contributed by atoms with Crippen molar-refractivity contribution in [1.82, 2.24) is 5.32 Å². The van der Waals surface area contributed by atoms with Crippen LogP contribution in [0, 0.1) is 11.8 Å². The predicted molar refractivity (Wildman–Crippen MR) is 85.3 cm³/mol. The molecule has 1 aromatic carbocycles. The SMILES string of the molecule is CCNC(CCc1ccc(OC)cc1)C1CCC(C)C1. The Morgan fingerprint density at radius 1 is 1.25 bits per heavy atom. The molecule has 1 aliphatic rings. The summed E-state index contributed by atoms with van der Waals surface area (Å²) >= 11 is 0. The van der Waals surface area contributed by atoms with Gasteiger partial charge in [-0.15, -0.1) is 0 Å². The lowest BCUT2D eigenvalue weighted by atomic mass is 9.91. The van der Waals surface area contributed by atoms with Crippen molar-refractivity contribution in [3.63, 3.8) is 0 Å². The molecule has 3 unspecified atom stereocenters. The Kier molecular flexibility index (Phi) is 5.90. The Hall–Kier alpha value is -1.02. The first-order valence-electron chi connectivity index (χ1n) is 8.09. The summed E-state index contributed by atoms with van der Waals surface area (Å²) in [6, 6.07) is 9.20. The summed E-state index contributed by atoms with van der Waals surface area (Å²) in [7, 11) is 1.72. The van der Waals surface area contributed by atoms with E-state index < -0.39 is 0 Å². The lowest BCUT2D eigenvalue weighted by molar-refractivity contribution is 0.338. The molecule has 0 aliphatic heterocycles. The normalized spacial score (nSPS) is 23.8. The number of rotatable bonds is 7. The second-order valence-electron chi connectivity index (χ2n) is 6.23. The number of benzene rings is 1. The van der Waals surface area contributed by atoms with Gasteiger partial charge in [0.25, 0.3) is 0 Å². The van der Waals surface area contributed by atoms with E-state index >= 15 is 0 Å². The van der Waals surface area contributed by atoms with Crippen LogP contribution in [0.25, 0.3) is 0 Å². The van der Waals surface area contributed by atoms with Crippen molar-refractivity contribution in [2.24, 2.45) is 11.8 Å². The third-order valence-electron chi connectivity index (χ3n) is 4.67. The quantitative estimate of drug-likeness (QED) is 0.811. The van der Waals surface area contributed by atoms with E-state index in [4.69, 9.17) is 4.74 Å². The molecule has 1 N–H and O–H groups in total. The maximum Gasteiger partial charge on any atom is 0.118 e. The summed E-state index contributed by atoms with van der Waals surface area (Å²) in [5.74, 6) is 2.74. The Labute approximate surface area is 123 Å². The van der Waals surface area contributed by atoms with E-state index in [0.717, 1.165) is 30.6 Å². The van der Waals surface area contributed by atoms with Crippen LogP contribution < -0.4 is 10.1 Å². The average Bonchev–Trinajstić information content (AvgIpc) is 2.90. The number of methoxy groups -OCH3 is 1. The van der Waals surface area contributed by atoms with Gasteiger partial charge < -0.3 is 10.1 Å². The Morgan fingerprint density at radius 2 is 2.00 bits per heavy atom. The molecule has 1 fully saturated rings. The van der Waals surface area contributed by atoms with Crippen LogP contribution in [0.15, 0.2) is 24.3 Å². The van der Waals surface area contributed by atoms with Crippen molar-refractivity contribution < 1.29 is 4.74 Å².